The van der Waals surface area contributed by atoms with Gasteiger partial charge in [-0.2, -0.15) is 0 Å². The van der Waals surface area contributed by atoms with Crippen molar-refractivity contribution < 1.29 is 14.3 Å². The highest BCUT2D eigenvalue weighted by atomic mass is 79.9. The molecule has 1 N–H and O–H groups in total. The Hall–Kier alpha value is -2.34. The number of para-hydroxylation sites is 1. The lowest BCUT2D eigenvalue weighted by atomic mass is 10.2. The fourth-order valence-corrected chi connectivity index (χ4v) is 2.54. The van der Waals surface area contributed by atoms with E-state index >= 15 is 0 Å². The average molecular weight is 391 g/mol. The molecule has 2 aromatic carbocycles. The lowest BCUT2D eigenvalue weighted by Gasteiger charge is -2.19. The SMILES string of the molecule is CNC(=O)c1ccccc1OCC(=O)N(C)Cc1ccccc1Br. The molecule has 0 unspecified atom stereocenters. The first-order valence-corrected chi connectivity index (χ1v) is 8.23. The van der Waals surface area contributed by atoms with Crippen LogP contribution in [-0.4, -0.2) is 37.4 Å². The standard InChI is InChI=1S/C18H19BrN2O3/c1-20-18(23)14-8-4-6-10-16(14)24-12-17(22)21(2)11-13-7-3-5-9-15(13)19/h3-10H,11-12H2,1-2H3,(H,20,23). The van der Waals surface area contributed by atoms with Crippen LogP contribution in [0.1, 0.15) is 15.9 Å². The molecule has 0 aliphatic rings. The molecule has 0 bridgehead atoms. The molecule has 5 nitrogen and oxygen atoms in total. The quantitative estimate of drug-likeness (QED) is 0.824. The molecule has 0 heterocycles. The number of rotatable bonds is 6. The highest BCUT2D eigenvalue weighted by Gasteiger charge is 2.14. The van der Waals surface area contributed by atoms with Crippen LogP contribution in [0, 0.1) is 0 Å². The van der Waals surface area contributed by atoms with Crippen molar-refractivity contribution in [2.24, 2.45) is 0 Å². The monoisotopic (exact) mass is 390 g/mol. The van der Waals surface area contributed by atoms with Gasteiger partial charge in [-0.1, -0.05) is 46.3 Å². The first kappa shape index (κ1) is 18.0. The molecule has 0 spiro atoms. The number of benzene rings is 2. The molecule has 2 amide bonds. The van der Waals surface area contributed by atoms with Crippen LogP contribution in [-0.2, 0) is 11.3 Å². The molecule has 0 aromatic heterocycles. The lowest BCUT2D eigenvalue weighted by Crippen LogP contribution is -2.31. The van der Waals surface area contributed by atoms with Crippen LogP contribution < -0.4 is 10.1 Å². The van der Waals surface area contributed by atoms with Gasteiger partial charge >= 0.3 is 0 Å². The van der Waals surface area contributed by atoms with E-state index in [9.17, 15) is 9.59 Å². The summed E-state index contributed by atoms with van der Waals surface area (Å²) in [5.74, 6) is -0.0309. The Kier molecular flexibility index (Phi) is 6.37. The highest BCUT2D eigenvalue weighted by molar-refractivity contribution is 9.10. The van der Waals surface area contributed by atoms with E-state index in [1.807, 2.05) is 24.3 Å². The molecular weight excluding hydrogens is 372 g/mol. The Balaban J connectivity index is 1.98. The zero-order valence-corrected chi connectivity index (χ0v) is 15.2. The van der Waals surface area contributed by atoms with Crippen LogP contribution in [0.3, 0.4) is 0 Å². The fraction of sp³-hybridized carbons (Fsp3) is 0.222. The Morgan fingerprint density at radius 3 is 2.50 bits per heavy atom. The number of amides is 2. The molecule has 0 saturated heterocycles. The molecule has 0 aliphatic carbocycles. The van der Waals surface area contributed by atoms with E-state index in [4.69, 9.17) is 4.74 Å². The van der Waals surface area contributed by atoms with E-state index < -0.39 is 0 Å². The van der Waals surface area contributed by atoms with Gasteiger partial charge in [0.15, 0.2) is 6.61 Å². The van der Waals surface area contributed by atoms with Crippen molar-refractivity contribution in [3.05, 3.63) is 64.1 Å². The van der Waals surface area contributed by atoms with Gasteiger partial charge in [0.05, 0.1) is 5.56 Å². The van der Waals surface area contributed by atoms with Gasteiger partial charge in [-0.05, 0) is 23.8 Å². The van der Waals surface area contributed by atoms with Crippen molar-refractivity contribution in [1.29, 1.82) is 0 Å². The minimum absolute atomic E-state index is 0.130. The summed E-state index contributed by atoms with van der Waals surface area (Å²) in [6.45, 7) is 0.343. The van der Waals surface area contributed by atoms with Crippen molar-refractivity contribution in [2.75, 3.05) is 20.7 Å². The molecular formula is C18H19BrN2O3. The molecule has 126 valence electrons. The number of carbonyl (C=O) groups is 2. The first-order valence-electron chi connectivity index (χ1n) is 7.44. The predicted molar refractivity (Wildman–Crippen MR) is 95.9 cm³/mol. The number of halogens is 1. The van der Waals surface area contributed by atoms with Gasteiger partial charge in [0, 0.05) is 25.1 Å². The Bertz CT molecular complexity index is 734. The number of likely N-dealkylation sites (N-methyl/N-ethyl adjacent to an activating group) is 1. The third kappa shape index (κ3) is 4.58. The van der Waals surface area contributed by atoms with Crippen LogP contribution in [0.5, 0.6) is 5.75 Å². The largest absolute Gasteiger partial charge is 0.483 e. The lowest BCUT2D eigenvalue weighted by molar-refractivity contribution is -0.132. The highest BCUT2D eigenvalue weighted by Crippen LogP contribution is 2.19. The summed E-state index contributed by atoms with van der Waals surface area (Å²) in [6.07, 6.45) is 0. The number of carbonyl (C=O) groups excluding carboxylic acids is 2. The van der Waals surface area contributed by atoms with Crippen LogP contribution in [0.15, 0.2) is 53.0 Å². The second kappa shape index (κ2) is 8.49. The normalized spacial score (nSPS) is 10.1. The van der Waals surface area contributed by atoms with Crippen molar-refractivity contribution in [2.45, 2.75) is 6.54 Å². The van der Waals surface area contributed by atoms with Crippen molar-refractivity contribution in [3.8, 4) is 5.75 Å². The van der Waals surface area contributed by atoms with Gasteiger partial charge in [-0.3, -0.25) is 9.59 Å². The molecule has 0 aliphatic heterocycles. The van der Waals surface area contributed by atoms with Gasteiger partial charge in [-0.25, -0.2) is 0 Å². The summed E-state index contributed by atoms with van der Waals surface area (Å²) < 4.78 is 6.50. The minimum atomic E-state index is -0.250. The molecule has 0 fully saturated rings. The third-order valence-corrected chi connectivity index (χ3v) is 4.27. The second-order valence-electron chi connectivity index (χ2n) is 5.21. The summed E-state index contributed by atoms with van der Waals surface area (Å²) in [7, 11) is 3.27. The maximum absolute atomic E-state index is 12.3. The smallest absolute Gasteiger partial charge is 0.260 e. The number of ether oxygens (including phenoxy) is 1. The molecule has 0 atom stereocenters. The van der Waals surface area contributed by atoms with Crippen molar-refractivity contribution in [3.63, 3.8) is 0 Å². The van der Waals surface area contributed by atoms with Crippen LogP contribution in [0.4, 0.5) is 0 Å². The number of hydrogen-bond donors (Lipinski definition) is 1. The van der Waals surface area contributed by atoms with Gasteiger partial charge in [0.25, 0.3) is 11.8 Å². The first-order chi connectivity index (χ1) is 11.5. The predicted octanol–water partition coefficient (Wildman–Crippen LogP) is 2.85. The minimum Gasteiger partial charge on any atom is -0.483 e. The maximum atomic E-state index is 12.3. The van der Waals surface area contributed by atoms with Gasteiger partial charge in [-0.15, -0.1) is 0 Å². The Morgan fingerprint density at radius 2 is 1.79 bits per heavy atom. The summed E-state index contributed by atoms with van der Waals surface area (Å²) in [5.41, 5.74) is 1.42. The zero-order valence-electron chi connectivity index (χ0n) is 13.6. The van der Waals surface area contributed by atoms with E-state index in [1.54, 1.807) is 43.3 Å². The van der Waals surface area contributed by atoms with Crippen molar-refractivity contribution in [1.82, 2.24) is 10.2 Å². The molecule has 6 heteroatoms. The second-order valence-corrected chi connectivity index (χ2v) is 6.06. The van der Waals surface area contributed by atoms with Gasteiger partial charge in [0.2, 0.25) is 0 Å². The summed E-state index contributed by atoms with van der Waals surface area (Å²) in [6, 6.07) is 14.6. The molecule has 0 saturated carbocycles. The number of nitrogens with one attached hydrogen (secondary N) is 1. The maximum Gasteiger partial charge on any atom is 0.260 e. The van der Waals surface area contributed by atoms with E-state index in [2.05, 4.69) is 21.2 Å². The molecule has 24 heavy (non-hydrogen) atoms. The Labute approximate surface area is 149 Å². The van der Waals surface area contributed by atoms with E-state index in [0.717, 1.165) is 10.0 Å². The summed E-state index contributed by atoms with van der Waals surface area (Å²) in [4.78, 5) is 25.7. The van der Waals surface area contributed by atoms with E-state index in [0.29, 0.717) is 17.9 Å². The topological polar surface area (TPSA) is 58.6 Å². The van der Waals surface area contributed by atoms with Crippen LogP contribution >= 0.6 is 15.9 Å². The summed E-state index contributed by atoms with van der Waals surface area (Å²) >= 11 is 3.47. The average Bonchev–Trinajstić information content (AvgIpc) is 2.61. The number of hydrogen-bond acceptors (Lipinski definition) is 3. The summed E-state index contributed by atoms with van der Waals surface area (Å²) in [5, 5.41) is 2.55. The van der Waals surface area contributed by atoms with Gasteiger partial charge < -0.3 is 15.0 Å². The number of nitrogens with zero attached hydrogens (tertiary/aromatic N) is 1. The van der Waals surface area contributed by atoms with E-state index in [1.165, 1.54) is 0 Å². The molecule has 0 radical (unpaired) electrons. The molecule has 2 rings (SSSR count). The van der Waals surface area contributed by atoms with E-state index in [-0.39, 0.29) is 18.4 Å². The fourth-order valence-electron chi connectivity index (χ4n) is 2.13. The third-order valence-electron chi connectivity index (χ3n) is 3.50. The molecule has 2 aromatic rings. The van der Waals surface area contributed by atoms with Gasteiger partial charge in [0.1, 0.15) is 5.75 Å². The van der Waals surface area contributed by atoms with Crippen molar-refractivity contribution >= 4 is 27.7 Å². The van der Waals surface area contributed by atoms with Crippen LogP contribution in [0.2, 0.25) is 0 Å². The zero-order chi connectivity index (χ0) is 17.5. The Morgan fingerprint density at radius 1 is 1.12 bits per heavy atom. The van der Waals surface area contributed by atoms with Crippen LogP contribution in [0.25, 0.3) is 0 Å².